The van der Waals surface area contributed by atoms with Gasteiger partial charge in [0.05, 0.1) is 23.2 Å². The molecule has 7 aromatic carbocycles. The van der Waals surface area contributed by atoms with E-state index in [9.17, 15) is 5.48 Å². The van der Waals surface area contributed by atoms with Crippen molar-refractivity contribution in [3.63, 3.8) is 0 Å². The molecule has 2 nitrogen and oxygen atoms in total. The lowest BCUT2D eigenvalue weighted by molar-refractivity contribution is 0.633. The Morgan fingerprint density at radius 3 is 1.74 bits per heavy atom. The molecule has 2 aromatic heterocycles. The summed E-state index contributed by atoms with van der Waals surface area (Å²) in [6.07, 6.45) is 0. The summed E-state index contributed by atoms with van der Waals surface area (Å²) in [5.74, 6) is 0.00632. The zero-order valence-corrected chi connectivity index (χ0v) is 21.7. The molecule has 0 bridgehead atoms. The molecule has 0 saturated carbocycles. The minimum Gasteiger partial charge on any atom is -0.455 e. The van der Waals surface area contributed by atoms with Crippen molar-refractivity contribution in [3.05, 3.63) is 145 Å². The average molecular weight is 550 g/mol. The van der Waals surface area contributed by atoms with Crippen LogP contribution in [0.15, 0.2) is 154 Å². The van der Waals surface area contributed by atoms with E-state index in [0.717, 1.165) is 10.8 Å². The van der Waals surface area contributed by atoms with Gasteiger partial charge in [-0.2, -0.15) is 0 Å². The van der Waals surface area contributed by atoms with E-state index in [2.05, 4.69) is 0 Å². The van der Waals surface area contributed by atoms with E-state index in [1.807, 2.05) is 48.5 Å². The average Bonchev–Trinajstić information content (AvgIpc) is 3.77. The molecule has 2 heteroatoms. The second-order valence-electron chi connectivity index (χ2n) is 9.84. The summed E-state index contributed by atoms with van der Waals surface area (Å²) in [4.78, 5) is 0. The minimum absolute atomic E-state index is 0.00632. The maximum absolute atomic E-state index is 9.37. The van der Waals surface area contributed by atoms with Gasteiger partial charge in [0.15, 0.2) is 0 Å². The van der Waals surface area contributed by atoms with Crippen molar-refractivity contribution >= 4 is 54.5 Å². The van der Waals surface area contributed by atoms with E-state index < -0.39 is 84.1 Å². The Kier molecular flexibility index (Phi) is 2.95. The van der Waals surface area contributed by atoms with Gasteiger partial charge in [0, 0.05) is 21.9 Å². The third kappa shape index (κ3) is 3.27. The zero-order valence-electron chi connectivity index (χ0n) is 34.7. The number of fused-ring (bicyclic) bond motifs is 7. The van der Waals surface area contributed by atoms with Gasteiger partial charge in [-0.05, 0) is 56.4 Å². The standard InChI is InChI=1S/C40H24O2/c1-3-13-25(14-4-1)35-28-18-7-9-20-30(28)37(31-21-10-8-19-29(31)35)40-36(26-15-5-2-6-16-26)38-34(42-40)24-23-32-27-17-11-12-22-33(27)41-39(32)38/h1-24H/i1D,3D,4D,7D,8D,9D,10D,13D,14D,18D,19D,20D,21D. The maximum atomic E-state index is 9.37. The summed E-state index contributed by atoms with van der Waals surface area (Å²) in [6, 6.07) is 11.3. The van der Waals surface area contributed by atoms with Crippen molar-refractivity contribution in [2.24, 2.45) is 0 Å². The SMILES string of the molecule is [2H]c1c([2H])c([2H])c(-c2c3c([2H])c([2H])c([2H])c([2H])c3c(-c3oc4ccc5c6ccccc6oc5c4c3-c3ccccc3)c3c([2H])c([2H])c([2H])c([2H])c23)c([2H])c1[2H]. The molecule has 0 radical (unpaired) electrons. The lowest BCUT2D eigenvalue weighted by atomic mass is 9.86. The fourth-order valence-electron chi connectivity index (χ4n) is 5.90. The monoisotopic (exact) mass is 549 g/mol. The van der Waals surface area contributed by atoms with E-state index in [1.165, 1.54) is 0 Å². The molecule has 0 saturated heterocycles. The highest BCUT2D eigenvalue weighted by molar-refractivity contribution is 6.25. The Hall–Kier alpha value is -5.60. The lowest BCUT2D eigenvalue weighted by Crippen LogP contribution is -1.91. The first-order valence-corrected chi connectivity index (χ1v) is 13.2. The van der Waals surface area contributed by atoms with Gasteiger partial charge in [-0.15, -0.1) is 0 Å². The van der Waals surface area contributed by atoms with Crippen LogP contribution >= 0.6 is 0 Å². The summed E-state index contributed by atoms with van der Waals surface area (Å²) in [7, 11) is 0. The predicted molar refractivity (Wildman–Crippen MR) is 175 cm³/mol. The van der Waals surface area contributed by atoms with Crippen LogP contribution in [-0.4, -0.2) is 0 Å². The summed E-state index contributed by atoms with van der Waals surface area (Å²) >= 11 is 0. The Labute approximate surface area is 260 Å². The molecule has 196 valence electrons. The zero-order chi connectivity index (χ0) is 38.9. The molecule has 0 aliphatic carbocycles. The molecular formula is C40H24O2. The first-order chi connectivity index (χ1) is 26.3. The first-order valence-electron chi connectivity index (χ1n) is 19.7. The molecule has 0 spiro atoms. The third-order valence-electron chi connectivity index (χ3n) is 7.61. The van der Waals surface area contributed by atoms with E-state index in [4.69, 9.17) is 21.2 Å². The highest BCUT2D eigenvalue weighted by atomic mass is 16.3. The van der Waals surface area contributed by atoms with Gasteiger partial charge in [0.25, 0.3) is 0 Å². The van der Waals surface area contributed by atoms with Gasteiger partial charge in [0.1, 0.15) is 22.5 Å². The Morgan fingerprint density at radius 2 is 1.02 bits per heavy atom. The van der Waals surface area contributed by atoms with E-state index >= 15 is 0 Å². The van der Waals surface area contributed by atoms with Crippen LogP contribution in [0.2, 0.25) is 0 Å². The van der Waals surface area contributed by atoms with Crippen LogP contribution in [0.5, 0.6) is 0 Å². The Balaban J connectivity index is 1.63. The maximum Gasteiger partial charge on any atom is 0.147 e. The van der Waals surface area contributed by atoms with Crippen molar-refractivity contribution in [1.82, 2.24) is 0 Å². The summed E-state index contributed by atoms with van der Waals surface area (Å²) < 4.78 is 129. The molecule has 42 heavy (non-hydrogen) atoms. The van der Waals surface area contributed by atoms with Gasteiger partial charge in [-0.3, -0.25) is 0 Å². The molecule has 0 unspecified atom stereocenters. The van der Waals surface area contributed by atoms with Gasteiger partial charge in [-0.1, -0.05) is 127 Å². The summed E-state index contributed by atoms with van der Waals surface area (Å²) in [5, 5.41) is 1.01. The normalized spacial score (nSPS) is 16.1. The minimum atomic E-state index is -0.735. The van der Waals surface area contributed by atoms with Crippen LogP contribution in [0.1, 0.15) is 17.8 Å². The van der Waals surface area contributed by atoms with Crippen LogP contribution in [0.25, 0.3) is 88.0 Å². The van der Waals surface area contributed by atoms with Crippen molar-refractivity contribution in [1.29, 1.82) is 0 Å². The van der Waals surface area contributed by atoms with Crippen LogP contribution in [-0.2, 0) is 0 Å². The van der Waals surface area contributed by atoms with Crippen LogP contribution in [0, 0.1) is 0 Å². The fourth-order valence-corrected chi connectivity index (χ4v) is 5.90. The fraction of sp³-hybridized carbons (Fsp3) is 0. The van der Waals surface area contributed by atoms with Crippen LogP contribution in [0.3, 0.4) is 0 Å². The van der Waals surface area contributed by atoms with Gasteiger partial charge >= 0.3 is 0 Å². The number of benzene rings is 7. The number of rotatable bonds is 3. The molecule has 0 aliphatic rings. The molecule has 0 atom stereocenters. The number of furan rings is 2. The van der Waals surface area contributed by atoms with Gasteiger partial charge in [-0.25, -0.2) is 0 Å². The molecule has 9 rings (SSSR count). The largest absolute Gasteiger partial charge is 0.455 e. The quantitative estimate of drug-likeness (QED) is 0.205. The number of hydrogen-bond donors (Lipinski definition) is 0. The highest BCUT2D eigenvalue weighted by Crippen LogP contribution is 2.50. The second kappa shape index (κ2) is 8.95. The molecule has 0 fully saturated rings. The third-order valence-corrected chi connectivity index (χ3v) is 7.61. The Morgan fingerprint density at radius 1 is 0.405 bits per heavy atom. The second-order valence-corrected chi connectivity index (χ2v) is 9.84. The van der Waals surface area contributed by atoms with Crippen molar-refractivity contribution in [3.8, 4) is 33.6 Å². The van der Waals surface area contributed by atoms with E-state index in [0.29, 0.717) is 33.3 Å². The molecule has 0 aliphatic heterocycles. The number of hydrogen-bond acceptors (Lipinski definition) is 2. The van der Waals surface area contributed by atoms with Crippen molar-refractivity contribution < 1.29 is 26.7 Å². The molecule has 9 aromatic rings. The topological polar surface area (TPSA) is 26.3 Å². The highest BCUT2D eigenvalue weighted by Gasteiger charge is 2.26. The predicted octanol–water partition coefficient (Wildman–Crippen LogP) is 11.6. The number of para-hydroxylation sites is 1. The van der Waals surface area contributed by atoms with Gasteiger partial charge in [0.2, 0.25) is 0 Å². The summed E-state index contributed by atoms with van der Waals surface area (Å²) in [6.45, 7) is 0. The van der Waals surface area contributed by atoms with Crippen LogP contribution in [0.4, 0.5) is 0 Å². The molecular weight excluding hydrogens is 512 g/mol. The van der Waals surface area contributed by atoms with E-state index in [1.54, 1.807) is 18.2 Å². The molecule has 0 amide bonds. The van der Waals surface area contributed by atoms with Crippen molar-refractivity contribution in [2.45, 2.75) is 0 Å². The Bertz CT molecular complexity index is 3070. The molecule has 2 heterocycles. The van der Waals surface area contributed by atoms with Crippen molar-refractivity contribution in [2.75, 3.05) is 0 Å². The lowest BCUT2D eigenvalue weighted by Gasteiger charge is -2.17. The van der Waals surface area contributed by atoms with Crippen LogP contribution < -0.4 is 0 Å². The van der Waals surface area contributed by atoms with Gasteiger partial charge < -0.3 is 8.83 Å². The first kappa shape index (κ1) is 13.8. The van der Waals surface area contributed by atoms with E-state index in [-0.39, 0.29) is 38.4 Å². The summed E-state index contributed by atoms with van der Waals surface area (Å²) in [5.41, 5.74) is 1.45. The smallest absolute Gasteiger partial charge is 0.147 e. The molecule has 0 N–H and O–H groups in total.